The van der Waals surface area contributed by atoms with Crippen LogP contribution in [0.3, 0.4) is 0 Å². The highest BCUT2D eigenvalue weighted by atomic mass is 16.5. The van der Waals surface area contributed by atoms with Gasteiger partial charge in [-0.2, -0.15) is 0 Å². The molecule has 1 aromatic rings. The van der Waals surface area contributed by atoms with Crippen molar-refractivity contribution >= 4 is 5.69 Å². The van der Waals surface area contributed by atoms with E-state index in [1.165, 1.54) is 55.3 Å². The van der Waals surface area contributed by atoms with Crippen molar-refractivity contribution in [3.05, 3.63) is 29.3 Å². The van der Waals surface area contributed by atoms with Gasteiger partial charge in [0.05, 0.1) is 18.2 Å². The van der Waals surface area contributed by atoms with Crippen molar-refractivity contribution in [3.63, 3.8) is 0 Å². The van der Waals surface area contributed by atoms with Crippen LogP contribution in [0, 0.1) is 6.92 Å². The van der Waals surface area contributed by atoms with Crippen molar-refractivity contribution in [2.45, 2.75) is 91.4 Å². The molecule has 2 rings (SSSR count). The number of unbranched alkanes of at least 4 members (excludes halogenated alkanes) is 4. The third kappa shape index (κ3) is 4.97. The van der Waals surface area contributed by atoms with Crippen molar-refractivity contribution in [2.24, 2.45) is 0 Å². The molecule has 0 aromatic heterocycles. The second kappa shape index (κ2) is 8.73. The SMILES string of the molecule is CCCCCCCc1ccc(N2C[C@H](C)O[C@H](C)C2C)cc1C. The molecule has 1 aliphatic heterocycles. The lowest BCUT2D eigenvalue weighted by Gasteiger charge is -2.42. The minimum atomic E-state index is 0.289. The number of morpholine rings is 1. The molecule has 1 heterocycles. The molecule has 0 N–H and O–H groups in total. The van der Waals surface area contributed by atoms with Crippen molar-refractivity contribution in [2.75, 3.05) is 11.4 Å². The molecule has 2 nitrogen and oxygen atoms in total. The maximum atomic E-state index is 5.95. The highest BCUT2D eigenvalue weighted by molar-refractivity contribution is 5.52. The molecule has 0 bridgehead atoms. The van der Waals surface area contributed by atoms with E-state index in [0.29, 0.717) is 12.1 Å². The van der Waals surface area contributed by atoms with Crippen LogP contribution in [0.15, 0.2) is 18.2 Å². The van der Waals surface area contributed by atoms with Crippen LogP contribution >= 0.6 is 0 Å². The molecule has 1 aromatic carbocycles. The van der Waals surface area contributed by atoms with Crippen molar-refractivity contribution < 1.29 is 4.74 Å². The standard InChI is InChI=1S/C21H35NO/c1-6-7-8-9-10-11-20-12-13-21(14-16(20)2)22-15-17(3)23-19(5)18(22)4/h12-14,17-19H,6-11,15H2,1-5H3/t17-,18?,19+/m0/s1. The number of ether oxygens (including phenoxy) is 1. The Morgan fingerprint density at radius 2 is 1.83 bits per heavy atom. The largest absolute Gasteiger partial charge is 0.372 e. The van der Waals surface area contributed by atoms with Gasteiger partial charge >= 0.3 is 0 Å². The Morgan fingerprint density at radius 3 is 2.52 bits per heavy atom. The van der Waals surface area contributed by atoms with Gasteiger partial charge in [0.25, 0.3) is 0 Å². The lowest BCUT2D eigenvalue weighted by molar-refractivity contribution is -0.0257. The summed E-state index contributed by atoms with van der Waals surface area (Å²) in [7, 11) is 0. The summed E-state index contributed by atoms with van der Waals surface area (Å²) in [4.78, 5) is 2.51. The van der Waals surface area contributed by atoms with Crippen LogP contribution in [-0.4, -0.2) is 24.8 Å². The fourth-order valence-electron chi connectivity index (χ4n) is 3.62. The zero-order valence-corrected chi connectivity index (χ0v) is 15.8. The van der Waals surface area contributed by atoms with E-state index >= 15 is 0 Å². The number of benzene rings is 1. The number of nitrogens with zero attached hydrogens (tertiary/aromatic N) is 1. The van der Waals surface area contributed by atoms with E-state index < -0.39 is 0 Å². The van der Waals surface area contributed by atoms with Gasteiger partial charge in [0.2, 0.25) is 0 Å². The molecule has 0 spiro atoms. The molecule has 23 heavy (non-hydrogen) atoms. The number of anilines is 1. The Balaban J connectivity index is 1.98. The summed E-state index contributed by atoms with van der Waals surface area (Å²) in [5.41, 5.74) is 4.32. The quantitative estimate of drug-likeness (QED) is 0.615. The molecule has 1 aliphatic rings. The number of aryl methyl sites for hydroxylation is 2. The van der Waals surface area contributed by atoms with Crippen LogP contribution in [0.2, 0.25) is 0 Å². The van der Waals surface area contributed by atoms with E-state index in [9.17, 15) is 0 Å². The summed E-state index contributed by atoms with van der Waals surface area (Å²) in [6.45, 7) is 12.2. The maximum Gasteiger partial charge on any atom is 0.0751 e. The van der Waals surface area contributed by atoms with Crippen molar-refractivity contribution in [1.29, 1.82) is 0 Å². The fraction of sp³-hybridized carbons (Fsp3) is 0.714. The van der Waals surface area contributed by atoms with Gasteiger partial charge in [0.1, 0.15) is 0 Å². The van der Waals surface area contributed by atoms with Gasteiger partial charge in [-0.1, -0.05) is 38.7 Å². The number of hydrogen-bond acceptors (Lipinski definition) is 2. The molecular weight excluding hydrogens is 282 g/mol. The highest BCUT2D eigenvalue weighted by Crippen LogP contribution is 2.27. The van der Waals surface area contributed by atoms with E-state index in [1.807, 2.05) is 0 Å². The summed E-state index contributed by atoms with van der Waals surface area (Å²) in [5, 5.41) is 0. The number of rotatable bonds is 7. The molecule has 0 radical (unpaired) electrons. The molecule has 1 saturated heterocycles. The Labute approximate surface area is 143 Å². The topological polar surface area (TPSA) is 12.5 Å². The second-order valence-corrected chi connectivity index (χ2v) is 7.32. The highest BCUT2D eigenvalue weighted by Gasteiger charge is 2.29. The molecular formula is C21H35NO. The van der Waals surface area contributed by atoms with E-state index in [1.54, 1.807) is 0 Å². The summed E-state index contributed by atoms with van der Waals surface area (Å²) >= 11 is 0. The summed E-state index contributed by atoms with van der Waals surface area (Å²) < 4.78 is 5.95. The predicted octanol–water partition coefficient (Wildman–Crippen LogP) is 5.51. The Morgan fingerprint density at radius 1 is 1.09 bits per heavy atom. The Bertz CT molecular complexity index is 485. The molecule has 0 amide bonds. The maximum absolute atomic E-state index is 5.95. The third-order valence-electron chi connectivity index (χ3n) is 5.28. The zero-order chi connectivity index (χ0) is 16.8. The molecule has 1 unspecified atom stereocenters. The molecule has 130 valence electrons. The van der Waals surface area contributed by atoms with Crippen LogP contribution in [0.25, 0.3) is 0 Å². The van der Waals surface area contributed by atoms with E-state index in [0.717, 1.165) is 6.54 Å². The minimum absolute atomic E-state index is 0.289. The normalized spacial score (nSPS) is 24.9. The van der Waals surface area contributed by atoms with Gasteiger partial charge in [-0.05, 0) is 63.8 Å². The van der Waals surface area contributed by atoms with E-state index in [4.69, 9.17) is 4.74 Å². The van der Waals surface area contributed by atoms with Gasteiger partial charge in [-0.15, -0.1) is 0 Å². The second-order valence-electron chi connectivity index (χ2n) is 7.32. The van der Waals surface area contributed by atoms with E-state index in [2.05, 4.69) is 57.7 Å². The lowest BCUT2D eigenvalue weighted by atomic mass is 9.99. The van der Waals surface area contributed by atoms with Crippen LogP contribution in [0.1, 0.15) is 70.9 Å². The first kappa shape index (κ1) is 18.3. The Hall–Kier alpha value is -1.02. The lowest BCUT2D eigenvalue weighted by Crippen LogP contribution is -2.52. The predicted molar refractivity (Wildman–Crippen MR) is 100 cm³/mol. The first-order chi connectivity index (χ1) is 11.0. The van der Waals surface area contributed by atoms with Gasteiger partial charge in [0.15, 0.2) is 0 Å². The van der Waals surface area contributed by atoms with Crippen LogP contribution < -0.4 is 4.90 Å². The molecule has 3 atom stereocenters. The first-order valence-electron chi connectivity index (χ1n) is 9.54. The van der Waals surface area contributed by atoms with Crippen molar-refractivity contribution in [3.8, 4) is 0 Å². The third-order valence-corrected chi connectivity index (χ3v) is 5.28. The van der Waals surface area contributed by atoms with Crippen molar-refractivity contribution in [1.82, 2.24) is 0 Å². The molecule has 0 saturated carbocycles. The fourth-order valence-corrected chi connectivity index (χ4v) is 3.62. The molecule has 1 fully saturated rings. The first-order valence-corrected chi connectivity index (χ1v) is 9.54. The monoisotopic (exact) mass is 317 g/mol. The Kier molecular flexibility index (Phi) is 6.95. The number of hydrogen-bond donors (Lipinski definition) is 0. The summed E-state index contributed by atoms with van der Waals surface area (Å²) in [5.74, 6) is 0. The summed E-state index contributed by atoms with van der Waals surface area (Å²) in [6.07, 6.45) is 8.59. The molecule has 2 heteroatoms. The smallest absolute Gasteiger partial charge is 0.0751 e. The van der Waals surface area contributed by atoms with E-state index in [-0.39, 0.29) is 6.10 Å². The van der Waals surface area contributed by atoms with Gasteiger partial charge in [-0.3, -0.25) is 0 Å². The molecule has 0 aliphatic carbocycles. The van der Waals surface area contributed by atoms with Crippen LogP contribution in [0.4, 0.5) is 5.69 Å². The minimum Gasteiger partial charge on any atom is -0.372 e. The summed E-state index contributed by atoms with van der Waals surface area (Å²) in [6, 6.07) is 7.48. The van der Waals surface area contributed by atoms with Crippen LogP contribution in [-0.2, 0) is 11.2 Å². The average molecular weight is 318 g/mol. The van der Waals surface area contributed by atoms with Crippen LogP contribution in [0.5, 0.6) is 0 Å². The average Bonchev–Trinajstić information content (AvgIpc) is 2.52. The van der Waals surface area contributed by atoms with Gasteiger partial charge < -0.3 is 9.64 Å². The van der Waals surface area contributed by atoms with Gasteiger partial charge in [-0.25, -0.2) is 0 Å². The van der Waals surface area contributed by atoms with Gasteiger partial charge in [0, 0.05) is 12.2 Å². The zero-order valence-electron chi connectivity index (χ0n) is 15.8.